The molecule has 0 bridgehead atoms. The number of hydrogen-bond acceptors (Lipinski definition) is 5. The molecule has 0 aliphatic carbocycles. The lowest BCUT2D eigenvalue weighted by molar-refractivity contribution is 0.0690. The first-order valence-corrected chi connectivity index (χ1v) is 9.33. The number of hydrogen-bond donors (Lipinski definition) is 4. The molecule has 158 valence electrons. The van der Waals surface area contributed by atoms with Crippen LogP contribution in [0.2, 0.25) is 0 Å². The fraction of sp³-hybridized carbons (Fsp3) is 0.0870. The molecule has 0 radical (unpaired) electrons. The molecule has 3 aromatic carbocycles. The van der Waals surface area contributed by atoms with Crippen molar-refractivity contribution in [3.05, 3.63) is 89.0 Å². The molecule has 0 aliphatic rings. The molecule has 0 atom stereocenters. The van der Waals surface area contributed by atoms with Gasteiger partial charge in [0, 0.05) is 12.1 Å². The van der Waals surface area contributed by atoms with Crippen molar-refractivity contribution < 1.29 is 24.2 Å². The van der Waals surface area contributed by atoms with Crippen LogP contribution in [-0.4, -0.2) is 30.0 Å². The summed E-state index contributed by atoms with van der Waals surface area (Å²) in [6.45, 7) is 0.164. The van der Waals surface area contributed by atoms with E-state index in [9.17, 15) is 19.5 Å². The molecule has 5 N–H and O–H groups in total. The van der Waals surface area contributed by atoms with E-state index in [2.05, 4.69) is 10.6 Å². The van der Waals surface area contributed by atoms with Gasteiger partial charge in [-0.2, -0.15) is 0 Å². The van der Waals surface area contributed by atoms with Crippen LogP contribution in [0.3, 0.4) is 0 Å². The van der Waals surface area contributed by atoms with Crippen LogP contribution in [0.4, 0.5) is 11.4 Å². The van der Waals surface area contributed by atoms with Crippen molar-refractivity contribution in [3.63, 3.8) is 0 Å². The van der Waals surface area contributed by atoms with Crippen LogP contribution in [0.5, 0.6) is 5.75 Å². The molecule has 0 aromatic heterocycles. The Morgan fingerprint density at radius 2 is 1.65 bits per heavy atom. The quantitative estimate of drug-likeness (QED) is 0.435. The SMILES string of the molecule is COc1ccc(C(=O)NCc2ccc(C(=O)Nc3ccccc3N)cc2)c(C(=O)O)c1. The van der Waals surface area contributed by atoms with Gasteiger partial charge in [-0.1, -0.05) is 24.3 Å². The molecule has 0 spiro atoms. The van der Waals surface area contributed by atoms with Gasteiger partial charge < -0.3 is 26.2 Å². The third-order valence-corrected chi connectivity index (χ3v) is 4.58. The summed E-state index contributed by atoms with van der Waals surface area (Å²) in [4.78, 5) is 36.3. The minimum atomic E-state index is -1.22. The number of carboxylic acids is 1. The van der Waals surface area contributed by atoms with E-state index in [-0.39, 0.29) is 23.6 Å². The lowest BCUT2D eigenvalue weighted by Crippen LogP contribution is -2.25. The number of nitrogens with one attached hydrogen (secondary N) is 2. The zero-order valence-corrected chi connectivity index (χ0v) is 16.7. The van der Waals surface area contributed by atoms with Crippen molar-refractivity contribution in [1.29, 1.82) is 0 Å². The molecule has 0 saturated heterocycles. The summed E-state index contributed by atoms with van der Waals surface area (Å²) in [5.41, 5.74) is 7.89. The number of anilines is 2. The predicted octanol–water partition coefficient (Wildman–Crippen LogP) is 3.16. The van der Waals surface area contributed by atoms with Crippen LogP contribution in [0.25, 0.3) is 0 Å². The molecular weight excluding hydrogens is 398 g/mol. The third-order valence-electron chi connectivity index (χ3n) is 4.58. The number of carboxylic acid groups (broad SMARTS) is 1. The largest absolute Gasteiger partial charge is 0.497 e. The van der Waals surface area contributed by atoms with E-state index >= 15 is 0 Å². The highest BCUT2D eigenvalue weighted by Gasteiger charge is 2.17. The zero-order chi connectivity index (χ0) is 22.4. The van der Waals surface area contributed by atoms with E-state index in [0.29, 0.717) is 22.7 Å². The van der Waals surface area contributed by atoms with Gasteiger partial charge in [0.1, 0.15) is 5.75 Å². The average Bonchev–Trinajstić information content (AvgIpc) is 2.78. The van der Waals surface area contributed by atoms with Gasteiger partial charge in [-0.25, -0.2) is 4.79 Å². The third kappa shape index (κ3) is 5.18. The fourth-order valence-electron chi connectivity index (χ4n) is 2.88. The van der Waals surface area contributed by atoms with Crippen molar-refractivity contribution in [2.45, 2.75) is 6.54 Å². The van der Waals surface area contributed by atoms with E-state index in [1.165, 1.54) is 25.3 Å². The minimum absolute atomic E-state index is 0.0322. The Bertz CT molecular complexity index is 1130. The summed E-state index contributed by atoms with van der Waals surface area (Å²) in [6.07, 6.45) is 0. The number of benzene rings is 3. The molecule has 31 heavy (non-hydrogen) atoms. The first kappa shape index (κ1) is 21.4. The van der Waals surface area contributed by atoms with Crippen LogP contribution in [0.1, 0.15) is 36.6 Å². The standard InChI is InChI=1S/C23H21N3O5/c1-31-16-10-11-17(18(12-16)23(29)30)22(28)25-13-14-6-8-15(9-7-14)21(27)26-20-5-3-2-4-19(20)24/h2-12H,13,24H2,1H3,(H,25,28)(H,26,27)(H,29,30). The number of nitrogens with two attached hydrogens (primary N) is 1. The lowest BCUT2D eigenvalue weighted by atomic mass is 10.1. The van der Waals surface area contributed by atoms with E-state index < -0.39 is 11.9 Å². The van der Waals surface area contributed by atoms with Crippen LogP contribution < -0.4 is 21.1 Å². The molecular formula is C23H21N3O5. The number of amides is 2. The van der Waals surface area contributed by atoms with E-state index in [1.807, 2.05) is 0 Å². The molecule has 8 nitrogen and oxygen atoms in total. The van der Waals surface area contributed by atoms with E-state index in [4.69, 9.17) is 10.5 Å². The first-order valence-electron chi connectivity index (χ1n) is 9.33. The van der Waals surface area contributed by atoms with Crippen LogP contribution in [-0.2, 0) is 6.54 Å². The van der Waals surface area contributed by atoms with Gasteiger partial charge in [-0.05, 0) is 48.0 Å². The maximum atomic E-state index is 12.5. The summed E-state index contributed by atoms with van der Waals surface area (Å²) in [5.74, 6) is -1.71. The van der Waals surface area contributed by atoms with Crippen LogP contribution in [0.15, 0.2) is 66.7 Å². The summed E-state index contributed by atoms with van der Waals surface area (Å²) >= 11 is 0. The zero-order valence-electron chi connectivity index (χ0n) is 16.7. The van der Waals surface area contributed by atoms with Gasteiger partial charge in [0.15, 0.2) is 0 Å². The summed E-state index contributed by atoms with van der Waals surface area (Å²) in [7, 11) is 1.42. The maximum Gasteiger partial charge on any atom is 0.336 e. The van der Waals surface area contributed by atoms with E-state index in [0.717, 1.165) is 5.56 Å². The van der Waals surface area contributed by atoms with Gasteiger partial charge in [0.05, 0.1) is 29.6 Å². The van der Waals surface area contributed by atoms with Crippen molar-refractivity contribution >= 4 is 29.2 Å². The summed E-state index contributed by atoms with van der Waals surface area (Å²) in [5, 5.41) is 14.8. The number of nitrogen functional groups attached to an aromatic ring is 1. The molecule has 3 aromatic rings. The molecule has 0 heterocycles. The Labute approximate surface area is 178 Å². The Kier molecular flexibility index (Phi) is 6.51. The Morgan fingerprint density at radius 1 is 0.935 bits per heavy atom. The second-order valence-corrected chi connectivity index (χ2v) is 6.64. The molecule has 0 unspecified atom stereocenters. The topological polar surface area (TPSA) is 131 Å². The number of para-hydroxylation sites is 2. The van der Waals surface area contributed by atoms with Crippen molar-refractivity contribution in [3.8, 4) is 5.75 Å². The summed E-state index contributed by atoms with van der Waals surface area (Å²) < 4.78 is 5.01. The van der Waals surface area contributed by atoms with Gasteiger partial charge >= 0.3 is 5.97 Å². The van der Waals surface area contributed by atoms with E-state index in [1.54, 1.807) is 48.5 Å². The molecule has 2 amide bonds. The molecule has 0 fully saturated rings. The number of carbonyl (C=O) groups is 3. The normalized spacial score (nSPS) is 10.2. The number of rotatable bonds is 7. The first-order chi connectivity index (χ1) is 14.9. The number of aromatic carboxylic acids is 1. The van der Waals surface area contributed by atoms with Crippen molar-refractivity contribution in [1.82, 2.24) is 5.32 Å². The highest BCUT2D eigenvalue weighted by Crippen LogP contribution is 2.19. The highest BCUT2D eigenvalue weighted by molar-refractivity contribution is 6.06. The molecule has 3 rings (SSSR count). The molecule has 8 heteroatoms. The monoisotopic (exact) mass is 419 g/mol. The van der Waals surface area contributed by atoms with Crippen LogP contribution in [0, 0.1) is 0 Å². The Morgan fingerprint density at radius 3 is 2.29 bits per heavy atom. The Hall–Kier alpha value is -4.33. The average molecular weight is 419 g/mol. The van der Waals surface area contributed by atoms with Gasteiger partial charge in [-0.3, -0.25) is 9.59 Å². The molecule has 0 aliphatic heterocycles. The highest BCUT2D eigenvalue weighted by atomic mass is 16.5. The lowest BCUT2D eigenvalue weighted by Gasteiger charge is -2.10. The predicted molar refractivity (Wildman–Crippen MR) is 116 cm³/mol. The fourth-order valence-corrected chi connectivity index (χ4v) is 2.88. The second-order valence-electron chi connectivity index (χ2n) is 6.64. The van der Waals surface area contributed by atoms with Gasteiger partial charge in [-0.15, -0.1) is 0 Å². The number of methoxy groups -OCH3 is 1. The second kappa shape index (κ2) is 9.45. The van der Waals surface area contributed by atoms with Crippen molar-refractivity contribution in [2.75, 3.05) is 18.2 Å². The van der Waals surface area contributed by atoms with Gasteiger partial charge in [0.25, 0.3) is 11.8 Å². The van der Waals surface area contributed by atoms with Crippen LogP contribution >= 0.6 is 0 Å². The number of ether oxygens (including phenoxy) is 1. The Balaban J connectivity index is 1.64. The van der Waals surface area contributed by atoms with Gasteiger partial charge in [0.2, 0.25) is 0 Å². The minimum Gasteiger partial charge on any atom is -0.497 e. The summed E-state index contributed by atoms with van der Waals surface area (Å²) in [6, 6.07) is 17.8. The van der Waals surface area contributed by atoms with Crippen molar-refractivity contribution in [2.24, 2.45) is 0 Å². The molecule has 0 saturated carbocycles. The smallest absolute Gasteiger partial charge is 0.336 e. The number of carbonyl (C=O) groups excluding carboxylic acids is 2. The maximum absolute atomic E-state index is 12.5.